The van der Waals surface area contributed by atoms with Crippen molar-refractivity contribution in [2.45, 2.75) is 189 Å². The standard InChI is InChI=1S/C62H90N13O14P/c1-29-20-39-40(21-30(29)2)75(28-70-39)57-52(84)53(41(27-76)87-57)89-90(85,86)88-31(3)26-69-49(83)18-19-59(8)37(22-46(66)80)56-62(11)61(10,25-48(68)82)36(14-17-45(65)79)51(74-62)33(5)55-60(9,24-47(67)81)34(12-15-43(63)77)38(71-55)23-42-58(6,7)35(13-16-44(64)78)50(72-42)32(4)54(59)73-56/h20-21,23,28,31,34-37,41,52-53,56-57,71,76,84H,12-19,22,24-27H2,1-11H3,(H2,63,77)(H2,64,78)(H2,65,79)(H2,66,80)(H2,67,81)(H2,68,82)(H,69,83)(H,85,86)/b38-23?,50-32?,55-33-/t31?,34-,35-,36?,37+,41-,52-,53+,56?,57+,59-,60+,61+,62+/m1/s1. The Hall–Kier alpha value is -7.00. The summed E-state index contributed by atoms with van der Waals surface area (Å²) in [5, 5.41) is 28.2. The molecule has 2 saturated heterocycles. The largest absolute Gasteiger partial charge is 0.472 e. The van der Waals surface area contributed by atoms with Gasteiger partial charge in [-0.1, -0.05) is 34.6 Å². The monoisotopic (exact) mass is 1270 g/mol. The number of amides is 7. The molecule has 0 spiro atoms. The van der Waals surface area contributed by atoms with Crippen molar-refractivity contribution in [3.05, 3.63) is 63.9 Å². The van der Waals surface area contributed by atoms with Gasteiger partial charge in [0.15, 0.2) is 6.23 Å². The molecule has 492 valence electrons. The Labute approximate surface area is 523 Å². The number of phosphoric ester groups is 1. The van der Waals surface area contributed by atoms with Crippen molar-refractivity contribution in [3.63, 3.8) is 0 Å². The molecule has 7 heterocycles. The molecule has 6 aliphatic rings. The molecule has 4 unspecified atom stereocenters. The maximum absolute atomic E-state index is 14.4. The lowest BCUT2D eigenvalue weighted by molar-refractivity contribution is -0.124. The molecule has 6 aliphatic heterocycles. The second kappa shape index (κ2) is 25.6. The highest BCUT2D eigenvalue weighted by Crippen LogP contribution is 2.63. The Bertz CT molecular complexity index is 3540. The highest BCUT2D eigenvalue weighted by atomic mass is 31.2. The Morgan fingerprint density at radius 2 is 1.40 bits per heavy atom. The fourth-order valence-electron chi connectivity index (χ4n) is 15.4. The van der Waals surface area contributed by atoms with E-state index in [4.69, 9.17) is 63.2 Å². The average Bonchev–Trinajstić information content (AvgIpc) is 1.53. The van der Waals surface area contributed by atoms with Gasteiger partial charge < -0.3 is 69.4 Å². The Kier molecular flexibility index (Phi) is 19.6. The maximum atomic E-state index is 14.4. The van der Waals surface area contributed by atoms with E-state index in [2.05, 4.69) is 15.6 Å². The number of carbonyl (C=O) groups is 7. The first-order valence-corrected chi connectivity index (χ1v) is 32.1. The zero-order valence-electron chi connectivity index (χ0n) is 53.3. The summed E-state index contributed by atoms with van der Waals surface area (Å²) < 4.78 is 32.3. The van der Waals surface area contributed by atoms with Gasteiger partial charge in [0.25, 0.3) is 0 Å². The minimum atomic E-state index is -5.07. The number of benzene rings is 1. The second-order valence-electron chi connectivity index (χ2n) is 27.1. The molecular formula is C62H90N13O14P. The van der Waals surface area contributed by atoms with E-state index in [1.54, 1.807) is 4.57 Å². The van der Waals surface area contributed by atoms with Gasteiger partial charge in [0.05, 0.1) is 41.7 Å². The van der Waals surface area contributed by atoms with Crippen molar-refractivity contribution < 1.29 is 67.0 Å². The lowest BCUT2D eigenvalue weighted by Gasteiger charge is -2.48. The summed E-state index contributed by atoms with van der Waals surface area (Å²) in [7, 11) is -5.07. The molecule has 15 atom stereocenters. The zero-order valence-corrected chi connectivity index (χ0v) is 54.1. The number of nitrogens with two attached hydrogens (primary N) is 6. The van der Waals surface area contributed by atoms with Crippen molar-refractivity contribution in [2.75, 3.05) is 13.2 Å². The number of nitrogens with one attached hydrogen (secondary N) is 2. The number of allylic oxidation sites excluding steroid dienone is 6. The highest BCUT2D eigenvalue weighted by Gasteiger charge is 2.66. The third-order valence-corrected chi connectivity index (χ3v) is 21.7. The molecule has 0 aliphatic carbocycles. The second-order valence-corrected chi connectivity index (χ2v) is 28.4. The Balaban J connectivity index is 1.19. The minimum Gasteiger partial charge on any atom is -0.394 e. The van der Waals surface area contributed by atoms with Crippen LogP contribution in [-0.2, 0) is 51.9 Å². The number of phosphoric acid groups is 1. The summed E-state index contributed by atoms with van der Waals surface area (Å²) in [6.45, 7) is 19.3. The fraction of sp³-hybridized carbons (Fsp3) is 0.629. The van der Waals surface area contributed by atoms with Gasteiger partial charge in [0, 0.05) is 131 Å². The van der Waals surface area contributed by atoms with E-state index >= 15 is 0 Å². The summed E-state index contributed by atoms with van der Waals surface area (Å²) in [5.41, 5.74) is 37.4. The van der Waals surface area contributed by atoms with E-state index in [1.807, 2.05) is 87.4 Å². The van der Waals surface area contributed by atoms with E-state index in [9.17, 15) is 53.2 Å². The van der Waals surface area contributed by atoms with Gasteiger partial charge in [0.2, 0.25) is 41.4 Å². The topological polar surface area (TPSA) is 460 Å². The predicted octanol–water partition coefficient (Wildman–Crippen LogP) is 3.16. The Morgan fingerprint density at radius 3 is 1.99 bits per heavy atom. The van der Waals surface area contributed by atoms with Crippen LogP contribution in [0.25, 0.3) is 11.0 Å². The van der Waals surface area contributed by atoms with Crippen LogP contribution in [-0.4, -0.2) is 132 Å². The van der Waals surface area contributed by atoms with Gasteiger partial charge in [-0.2, -0.15) is 0 Å². The molecule has 2 aromatic rings. The number of aliphatic hydroxyl groups is 2. The van der Waals surface area contributed by atoms with Crippen LogP contribution in [0.15, 0.2) is 67.8 Å². The number of aliphatic imine (C=N–C) groups is 3. The third-order valence-electron chi connectivity index (χ3n) is 20.6. The first-order valence-electron chi connectivity index (χ1n) is 30.6. The van der Waals surface area contributed by atoms with Crippen molar-refractivity contribution in [2.24, 2.45) is 94.7 Å². The summed E-state index contributed by atoms with van der Waals surface area (Å²) in [6.07, 6.45) is -4.26. The van der Waals surface area contributed by atoms with Crippen LogP contribution in [0.1, 0.15) is 150 Å². The number of fused-ring (bicyclic) bond motifs is 7. The summed E-state index contributed by atoms with van der Waals surface area (Å²) in [5.74, 6) is -7.18. The first-order chi connectivity index (χ1) is 41.8. The Morgan fingerprint density at radius 1 is 0.800 bits per heavy atom. The molecular weight excluding hydrogens is 1180 g/mol. The molecule has 28 heteroatoms. The van der Waals surface area contributed by atoms with Crippen LogP contribution in [0.5, 0.6) is 0 Å². The molecule has 7 amide bonds. The molecule has 1 aromatic carbocycles. The van der Waals surface area contributed by atoms with Gasteiger partial charge in [0.1, 0.15) is 18.3 Å². The van der Waals surface area contributed by atoms with Crippen LogP contribution in [0.3, 0.4) is 0 Å². The van der Waals surface area contributed by atoms with Crippen LogP contribution < -0.4 is 45.0 Å². The van der Waals surface area contributed by atoms with E-state index in [0.717, 1.165) is 11.1 Å². The van der Waals surface area contributed by atoms with Crippen LogP contribution in [0.4, 0.5) is 0 Å². The number of rotatable bonds is 26. The molecule has 8 rings (SSSR count). The van der Waals surface area contributed by atoms with Gasteiger partial charge in [-0.3, -0.25) is 57.6 Å². The number of aromatic nitrogens is 2. The van der Waals surface area contributed by atoms with E-state index in [-0.39, 0.29) is 77.2 Å². The number of carbonyl (C=O) groups excluding carboxylic acids is 7. The van der Waals surface area contributed by atoms with Gasteiger partial charge in [-0.05, 0) is 108 Å². The number of nitrogens with zero attached hydrogens (tertiary/aromatic N) is 5. The van der Waals surface area contributed by atoms with Gasteiger partial charge in [-0.25, -0.2) is 9.55 Å². The molecule has 90 heavy (non-hydrogen) atoms. The van der Waals surface area contributed by atoms with E-state index < -0.39 is 143 Å². The molecule has 17 N–H and O–H groups in total. The molecule has 8 bridgehead atoms. The average molecular weight is 1270 g/mol. The lowest BCUT2D eigenvalue weighted by Crippen LogP contribution is -2.56. The van der Waals surface area contributed by atoms with Crippen molar-refractivity contribution in [3.8, 4) is 0 Å². The van der Waals surface area contributed by atoms with Crippen LogP contribution >= 0.6 is 7.82 Å². The molecule has 0 saturated carbocycles. The highest BCUT2D eigenvalue weighted by molar-refractivity contribution is 7.47. The fourth-order valence-corrected chi connectivity index (χ4v) is 16.6. The summed E-state index contributed by atoms with van der Waals surface area (Å²) in [4.78, 5) is 126. The molecule has 0 radical (unpaired) electrons. The number of aliphatic hydroxyl groups excluding tert-OH is 2. The molecule has 1 aromatic heterocycles. The number of ether oxygens (including phenoxy) is 1. The molecule has 2 fully saturated rings. The normalized spacial score (nSPS) is 32.8. The number of hydrogen-bond donors (Lipinski definition) is 11. The first kappa shape index (κ1) is 68.9. The lowest BCUT2D eigenvalue weighted by atomic mass is 9.55. The number of aryl methyl sites for hydroxylation is 2. The van der Waals surface area contributed by atoms with E-state index in [0.29, 0.717) is 56.4 Å². The summed E-state index contributed by atoms with van der Waals surface area (Å²) in [6, 6.07) is 2.70. The number of primary amides is 6. The predicted molar refractivity (Wildman–Crippen MR) is 334 cm³/mol. The minimum absolute atomic E-state index is 0.0114. The van der Waals surface area contributed by atoms with Crippen LogP contribution in [0, 0.1) is 59.2 Å². The van der Waals surface area contributed by atoms with Crippen LogP contribution in [0.2, 0.25) is 0 Å². The van der Waals surface area contributed by atoms with Gasteiger partial charge in [-0.15, -0.1) is 0 Å². The molecule has 27 nitrogen and oxygen atoms in total. The maximum Gasteiger partial charge on any atom is 0.472 e. The number of hydrogen-bond acceptors (Lipinski definition) is 18. The SMILES string of the molecule is CC1=C2N=C(C=C3N/C(=C(/C)C4=N[C@@](C)(C5N=C1[C@](C)(CCC(=O)NCC(C)OP(=O)(O)O[C@@H]1[C@@H](O)[C@@H](n6cnc7cc(C)c(C)cc76)O[C@@H]1CO)[C@H]5CC(N)=O)[C@@](C)(CC(N)=O)C4CCC(N)=O)[C@@](C)(CC(N)=O)[C@@H]3CCC(N)=O)C(C)(C)[C@@H]2CCC(N)=O. The van der Waals surface area contributed by atoms with Crippen molar-refractivity contribution >= 4 is 77.3 Å². The summed E-state index contributed by atoms with van der Waals surface area (Å²) >= 11 is 0. The number of imidazole rings is 1. The quantitative estimate of drug-likeness (QED) is 0.0603. The van der Waals surface area contributed by atoms with Crippen molar-refractivity contribution in [1.82, 2.24) is 20.2 Å². The zero-order chi connectivity index (χ0) is 66.7. The van der Waals surface area contributed by atoms with E-state index in [1.165, 1.54) is 13.3 Å². The smallest absolute Gasteiger partial charge is 0.394 e. The van der Waals surface area contributed by atoms with Crippen molar-refractivity contribution in [1.29, 1.82) is 0 Å². The third kappa shape index (κ3) is 13.0. The van der Waals surface area contributed by atoms with Gasteiger partial charge >= 0.3 is 7.82 Å².